The summed E-state index contributed by atoms with van der Waals surface area (Å²) in [5.41, 5.74) is 2.19. The highest BCUT2D eigenvalue weighted by Crippen LogP contribution is 2.23. The van der Waals surface area contributed by atoms with Gasteiger partial charge in [-0.2, -0.15) is 0 Å². The number of para-hydroxylation sites is 1. The summed E-state index contributed by atoms with van der Waals surface area (Å²) in [6.07, 6.45) is 1.66. The number of halogens is 2. The monoisotopic (exact) mass is 393 g/mol. The second-order valence-corrected chi connectivity index (χ2v) is 6.30. The van der Waals surface area contributed by atoms with Crippen LogP contribution in [-0.2, 0) is 6.54 Å². The quantitative estimate of drug-likeness (QED) is 0.534. The van der Waals surface area contributed by atoms with Gasteiger partial charge in [0.2, 0.25) is 0 Å². The average Bonchev–Trinajstić information content (AvgIpc) is 3.09. The van der Waals surface area contributed by atoms with Crippen LogP contribution in [0, 0.1) is 11.6 Å². The number of pyridine rings is 1. The van der Waals surface area contributed by atoms with Crippen LogP contribution < -0.4 is 10.6 Å². The fraction of sp³-hybridized carbons (Fsp3) is 0.0952. The number of nitrogens with zero attached hydrogens (tertiary/aromatic N) is 3. The topological polar surface area (TPSA) is 71.8 Å². The van der Waals surface area contributed by atoms with Crippen LogP contribution in [0.1, 0.15) is 0 Å². The Morgan fingerprint density at radius 2 is 1.79 bits per heavy atom. The van der Waals surface area contributed by atoms with Gasteiger partial charge in [0.1, 0.15) is 23.0 Å². The number of rotatable bonds is 5. The first-order valence-electron chi connectivity index (χ1n) is 8.98. The van der Waals surface area contributed by atoms with Crippen molar-refractivity contribution in [2.45, 2.75) is 6.54 Å². The van der Waals surface area contributed by atoms with Crippen molar-refractivity contribution in [3.05, 3.63) is 78.5 Å². The Bertz CT molecular complexity index is 1160. The number of urea groups is 1. The zero-order valence-corrected chi connectivity index (χ0v) is 15.3. The van der Waals surface area contributed by atoms with E-state index in [0.29, 0.717) is 23.5 Å². The molecule has 2 amide bonds. The molecule has 0 radical (unpaired) electrons. The van der Waals surface area contributed by atoms with Gasteiger partial charge in [0.15, 0.2) is 5.65 Å². The van der Waals surface area contributed by atoms with Crippen molar-refractivity contribution in [3.63, 3.8) is 0 Å². The van der Waals surface area contributed by atoms with E-state index in [9.17, 15) is 13.6 Å². The van der Waals surface area contributed by atoms with Gasteiger partial charge in [0, 0.05) is 24.8 Å². The fourth-order valence-corrected chi connectivity index (χ4v) is 3.00. The standard InChI is InChI=1S/C21H17F2N5O/c22-15-9-7-14(8-10-15)19-26-18-6-3-11-24-20(18)28(19)13-12-25-21(29)27-17-5-2-1-4-16(17)23/h1-11H,12-13H2,(H2,25,27,29). The van der Waals surface area contributed by atoms with Crippen molar-refractivity contribution in [1.29, 1.82) is 0 Å². The molecular weight excluding hydrogens is 376 g/mol. The van der Waals surface area contributed by atoms with Gasteiger partial charge in [-0.3, -0.25) is 0 Å². The molecule has 0 aliphatic carbocycles. The van der Waals surface area contributed by atoms with E-state index in [4.69, 9.17) is 0 Å². The van der Waals surface area contributed by atoms with Crippen LogP contribution in [-0.4, -0.2) is 27.1 Å². The molecule has 146 valence electrons. The number of nitrogens with one attached hydrogen (secondary N) is 2. The first-order chi connectivity index (χ1) is 14.1. The van der Waals surface area contributed by atoms with Gasteiger partial charge in [-0.15, -0.1) is 0 Å². The van der Waals surface area contributed by atoms with Gasteiger partial charge < -0.3 is 15.2 Å². The summed E-state index contributed by atoms with van der Waals surface area (Å²) in [4.78, 5) is 21.0. The maximum Gasteiger partial charge on any atom is 0.319 e. The van der Waals surface area contributed by atoms with E-state index in [0.717, 1.165) is 5.56 Å². The number of amides is 2. The molecule has 0 fully saturated rings. The molecule has 0 spiro atoms. The molecular formula is C21H17F2N5O. The summed E-state index contributed by atoms with van der Waals surface area (Å²) < 4.78 is 28.8. The minimum atomic E-state index is -0.518. The summed E-state index contributed by atoms with van der Waals surface area (Å²) in [6.45, 7) is 0.640. The molecule has 8 heteroatoms. The summed E-state index contributed by atoms with van der Waals surface area (Å²) in [5, 5.41) is 5.17. The van der Waals surface area contributed by atoms with Crippen LogP contribution in [0.2, 0.25) is 0 Å². The van der Waals surface area contributed by atoms with Crippen molar-refractivity contribution in [2.24, 2.45) is 0 Å². The molecule has 2 N–H and O–H groups in total. The lowest BCUT2D eigenvalue weighted by atomic mass is 10.2. The molecule has 2 aromatic heterocycles. The molecule has 0 bridgehead atoms. The molecule has 0 aliphatic rings. The van der Waals surface area contributed by atoms with Gasteiger partial charge in [-0.1, -0.05) is 12.1 Å². The van der Waals surface area contributed by atoms with E-state index in [-0.39, 0.29) is 18.0 Å². The average molecular weight is 393 g/mol. The third kappa shape index (κ3) is 4.06. The van der Waals surface area contributed by atoms with Gasteiger partial charge in [0.25, 0.3) is 0 Å². The molecule has 0 unspecified atom stereocenters. The zero-order valence-electron chi connectivity index (χ0n) is 15.3. The van der Waals surface area contributed by atoms with Crippen molar-refractivity contribution in [3.8, 4) is 11.4 Å². The van der Waals surface area contributed by atoms with Crippen LogP contribution in [0.4, 0.5) is 19.3 Å². The van der Waals surface area contributed by atoms with Crippen molar-refractivity contribution >= 4 is 22.9 Å². The van der Waals surface area contributed by atoms with E-state index in [1.807, 2.05) is 10.6 Å². The molecule has 0 atom stereocenters. The van der Waals surface area contributed by atoms with Crippen molar-refractivity contribution in [2.75, 3.05) is 11.9 Å². The maximum absolute atomic E-state index is 13.6. The number of carbonyl (C=O) groups excluding carboxylic acids is 1. The Morgan fingerprint density at radius 3 is 2.59 bits per heavy atom. The second-order valence-electron chi connectivity index (χ2n) is 6.30. The van der Waals surface area contributed by atoms with Crippen LogP contribution in [0.15, 0.2) is 66.9 Å². The number of hydrogen-bond acceptors (Lipinski definition) is 3. The predicted octanol–water partition coefficient (Wildman–Crippen LogP) is 4.20. The molecule has 0 saturated carbocycles. The normalized spacial score (nSPS) is 10.8. The minimum Gasteiger partial charge on any atom is -0.336 e. The molecule has 6 nitrogen and oxygen atoms in total. The number of benzene rings is 2. The lowest BCUT2D eigenvalue weighted by Crippen LogP contribution is -2.31. The van der Waals surface area contributed by atoms with Crippen molar-refractivity contribution < 1.29 is 13.6 Å². The molecule has 29 heavy (non-hydrogen) atoms. The first kappa shape index (κ1) is 18.5. The lowest BCUT2D eigenvalue weighted by Gasteiger charge is -2.11. The summed E-state index contributed by atoms with van der Waals surface area (Å²) in [7, 11) is 0. The Hall–Kier alpha value is -3.81. The van der Waals surface area contributed by atoms with E-state index in [2.05, 4.69) is 20.6 Å². The summed E-state index contributed by atoms with van der Waals surface area (Å²) >= 11 is 0. The smallest absolute Gasteiger partial charge is 0.319 e. The number of anilines is 1. The molecule has 0 aliphatic heterocycles. The van der Waals surface area contributed by atoms with E-state index < -0.39 is 11.8 Å². The largest absolute Gasteiger partial charge is 0.336 e. The summed E-state index contributed by atoms with van der Waals surface area (Å²) in [5.74, 6) is -0.220. The third-order valence-corrected chi connectivity index (χ3v) is 4.35. The van der Waals surface area contributed by atoms with Gasteiger partial charge in [-0.05, 0) is 48.5 Å². The molecule has 2 aromatic carbocycles. The zero-order chi connectivity index (χ0) is 20.2. The third-order valence-electron chi connectivity index (χ3n) is 4.35. The number of imidazole rings is 1. The SMILES string of the molecule is O=C(NCCn1c(-c2ccc(F)cc2)nc2cccnc21)Nc1ccccc1F. The number of aromatic nitrogens is 3. The number of hydrogen-bond donors (Lipinski definition) is 2. The van der Waals surface area contributed by atoms with Gasteiger partial charge >= 0.3 is 6.03 Å². The highest BCUT2D eigenvalue weighted by Gasteiger charge is 2.14. The molecule has 2 heterocycles. The van der Waals surface area contributed by atoms with Crippen LogP contribution in [0.25, 0.3) is 22.6 Å². The Morgan fingerprint density at radius 1 is 1.00 bits per heavy atom. The molecule has 0 saturated heterocycles. The number of fused-ring (bicyclic) bond motifs is 1. The van der Waals surface area contributed by atoms with E-state index in [1.165, 1.54) is 24.3 Å². The van der Waals surface area contributed by atoms with Crippen LogP contribution in [0.5, 0.6) is 0 Å². The molecule has 4 aromatic rings. The second kappa shape index (κ2) is 8.05. The highest BCUT2D eigenvalue weighted by atomic mass is 19.1. The molecule has 4 rings (SSSR count). The Balaban J connectivity index is 1.51. The fourth-order valence-electron chi connectivity index (χ4n) is 3.00. The van der Waals surface area contributed by atoms with E-state index >= 15 is 0 Å². The summed E-state index contributed by atoms with van der Waals surface area (Å²) in [6, 6.07) is 15.1. The minimum absolute atomic E-state index is 0.103. The van der Waals surface area contributed by atoms with Gasteiger partial charge in [0.05, 0.1) is 5.69 Å². The predicted molar refractivity (Wildman–Crippen MR) is 106 cm³/mol. The van der Waals surface area contributed by atoms with Crippen LogP contribution in [0.3, 0.4) is 0 Å². The Labute approximate surface area is 165 Å². The number of carbonyl (C=O) groups is 1. The van der Waals surface area contributed by atoms with Crippen LogP contribution >= 0.6 is 0 Å². The first-order valence-corrected chi connectivity index (χ1v) is 8.98. The van der Waals surface area contributed by atoms with Crippen molar-refractivity contribution in [1.82, 2.24) is 19.9 Å². The lowest BCUT2D eigenvalue weighted by molar-refractivity contribution is 0.251. The highest BCUT2D eigenvalue weighted by molar-refractivity contribution is 5.89. The van der Waals surface area contributed by atoms with E-state index in [1.54, 1.807) is 36.5 Å². The Kier molecular flexibility index (Phi) is 5.15. The maximum atomic E-state index is 13.6. The van der Waals surface area contributed by atoms with Gasteiger partial charge in [-0.25, -0.2) is 23.5 Å².